The van der Waals surface area contributed by atoms with Gasteiger partial charge >= 0.3 is 0 Å². The molecule has 0 unspecified atom stereocenters. The zero-order valence-electron chi connectivity index (χ0n) is 20.8. The second kappa shape index (κ2) is 10.0. The molecule has 0 saturated carbocycles. The first-order valence-corrected chi connectivity index (χ1v) is 12.7. The van der Waals surface area contributed by atoms with Gasteiger partial charge < -0.3 is 19.1 Å². The van der Waals surface area contributed by atoms with Gasteiger partial charge in [-0.1, -0.05) is 48.5 Å². The van der Waals surface area contributed by atoms with Crippen LogP contribution in [0.1, 0.15) is 40.4 Å². The Bertz CT molecular complexity index is 1420. The molecule has 1 aromatic heterocycles. The number of carbonyl (C=O) groups excluding carboxylic acids is 1. The number of ether oxygens (including phenoxy) is 3. The molecular weight excluding hydrogens is 466 g/mol. The van der Waals surface area contributed by atoms with Crippen LogP contribution in [0.25, 0.3) is 11.3 Å². The number of nitrogens with zero attached hydrogens (tertiary/aromatic N) is 3. The van der Waals surface area contributed by atoms with E-state index in [0.717, 1.165) is 41.0 Å². The maximum Gasteiger partial charge on any atom is 0.258 e. The van der Waals surface area contributed by atoms with Gasteiger partial charge in [0.15, 0.2) is 11.5 Å². The molecule has 2 aliphatic rings. The largest absolute Gasteiger partial charge is 0.496 e. The van der Waals surface area contributed by atoms with E-state index in [2.05, 4.69) is 12.1 Å². The fourth-order valence-electron chi connectivity index (χ4n) is 5.25. The Labute approximate surface area is 216 Å². The monoisotopic (exact) mass is 495 g/mol. The molecule has 37 heavy (non-hydrogen) atoms. The van der Waals surface area contributed by atoms with Gasteiger partial charge in [-0.05, 0) is 48.2 Å². The lowest BCUT2D eigenvalue weighted by molar-refractivity contribution is 0.0735. The van der Waals surface area contributed by atoms with Crippen LogP contribution in [0.4, 0.5) is 0 Å². The third kappa shape index (κ3) is 4.53. The Morgan fingerprint density at radius 2 is 1.78 bits per heavy atom. The van der Waals surface area contributed by atoms with E-state index in [4.69, 9.17) is 19.3 Å². The highest BCUT2D eigenvalue weighted by Gasteiger charge is 2.34. The number of likely N-dealkylation sites (tertiary alicyclic amines) is 1. The lowest BCUT2D eigenvalue weighted by atomic mass is 10.0. The lowest BCUT2D eigenvalue weighted by Crippen LogP contribution is -2.30. The normalized spacial score (nSPS) is 16.6. The van der Waals surface area contributed by atoms with E-state index in [0.29, 0.717) is 43.3 Å². The number of fused-ring (bicyclic) bond motifs is 1. The van der Waals surface area contributed by atoms with Crippen molar-refractivity contribution in [3.05, 3.63) is 95.7 Å². The predicted molar refractivity (Wildman–Crippen MR) is 140 cm³/mol. The Hall–Kier alpha value is -4.26. The minimum Gasteiger partial charge on any atom is -0.496 e. The first-order chi connectivity index (χ1) is 18.2. The molecule has 1 fully saturated rings. The number of rotatable bonds is 6. The number of para-hydroxylation sites is 1. The van der Waals surface area contributed by atoms with Crippen LogP contribution < -0.4 is 14.2 Å². The summed E-state index contributed by atoms with van der Waals surface area (Å²) in [4.78, 5) is 16.1. The topological polar surface area (TPSA) is 65.8 Å². The summed E-state index contributed by atoms with van der Waals surface area (Å²) in [6.45, 7) is 2.35. The van der Waals surface area contributed by atoms with Crippen molar-refractivity contribution in [2.45, 2.75) is 25.4 Å². The molecule has 6 rings (SSSR count). The average molecular weight is 496 g/mol. The van der Waals surface area contributed by atoms with Crippen LogP contribution >= 0.6 is 0 Å². The van der Waals surface area contributed by atoms with E-state index >= 15 is 0 Å². The summed E-state index contributed by atoms with van der Waals surface area (Å²) in [5.74, 6) is 2.16. The molecule has 0 spiro atoms. The summed E-state index contributed by atoms with van der Waals surface area (Å²) in [6, 6.07) is 23.8. The number of carbonyl (C=O) groups is 1. The van der Waals surface area contributed by atoms with Gasteiger partial charge in [-0.25, -0.2) is 0 Å². The van der Waals surface area contributed by atoms with Gasteiger partial charge in [-0.15, -0.1) is 0 Å². The molecular formula is C30H29N3O4. The summed E-state index contributed by atoms with van der Waals surface area (Å²) >= 11 is 0. The zero-order valence-corrected chi connectivity index (χ0v) is 20.8. The van der Waals surface area contributed by atoms with Crippen molar-refractivity contribution >= 4 is 5.91 Å². The van der Waals surface area contributed by atoms with E-state index in [1.165, 1.54) is 0 Å². The van der Waals surface area contributed by atoms with Crippen LogP contribution in [0.2, 0.25) is 0 Å². The Balaban J connectivity index is 1.37. The molecule has 0 N–H and O–H groups in total. The van der Waals surface area contributed by atoms with Crippen molar-refractivity contribution in [1.29, 1.82) is 0 Å². The number of benzene rings is 3. The Morgan fingerprint density at radius 1 is 1.00 bits per heavy atom. The van der Waals surface area contributed by atoms with E-state index in [1.54, 1.807) is 7.11 Å². The highest BCUT2D eigenvalue weighted by molar-refractivity contribution is 6.00. The summed E-state index contributed by atoms with van der Waals surface area (Å²) in [5, 5.41) is 4.88. The van der Waals surface area contributed by atoms with Crippen molar-refractivity contribution in [3.63, 3.8) is 0 Å². The fourth-order valence-corrected chi connectivity index (χ4v) is 5.25. The minimum atomic E-state index is -0.0358. The molecule has 7 nitrogen and oxygen atoms in total. The molecule has 1 atom stereocenters. The Morgan fingerprint density at radius 3 is 2.62 bits per heavy atom. The molecule has 0 bridgehead atoms. The van der Waals surface area contributed by atoms with Crippen LogP contribution in [0.15, 0.2) is 79.0 Å². The molecule has 188 valence electrons. The number of amides is 1. The van der Waals surface area contributed by atoms with Crippen molar-refractivity contribution in [2.24, 2.45) is 0 Å². The highest BCUT2D eigenvalue weighted by Crippen LogP contribution is 2.40. The first kappa shape index (κ1) is 23.2. The quantitative estimate of drug-likeness (QED) is 0.361. The van der Waals surface area contributed by atoms with Crippen molar-refractivity contribution in [3.8, 4) is 28.5 Å². The maximum atomic E-state index is 14.2. The third-order valence-electron chi connectivity index (χ3n) is 7.01. The summed E-state index contributed by atoms with van der Waals surface area (Å²) in [6.07, 6.45) is 3.71. The Kier molecular flexibility index (Phi) is 6.26. The maximum absolute atomic E-state index is 14.2. The molecule has 4 aromatic rings. The predicted octanol–water partition coefficient (Wildman–Crippen LogP) is 5.36. The molecule has 0 aliphatic carbocycles. The summed E-state index contributed by atoms with van der Waals surface area (Å²) in [5.41, 5.74) is 4.18. The summed E-state index contributed by atoms with van der Waals surface area (Å²) in [7, 11) is 1.64. The lowest BCUT2D eigenvalue weighted by Gasteiger charge is -2.27. The van der Waals surface area contributed by atoms with Gasteiger partial charge in [0.05, 0.1) is 25.3 Å². The van der Waals surface area contributed by atoms with Gasteiger partial charge in [0.1, 0.15) is 24.7 Å². The van der Waals surface area contributed by atoms with E-state index < -0.39 is 0 Å². The van der Waals surface area contributed by atoms with Gasteiger partial charge in [-0.3, -0.25) is 9.48 Å². The minimum absolute atomic E-state index is 0.0300. The standard InChI is InChI=1S/C30H29N3O4/c1-35-26-12-6-5-10-23(26)29-24(20-32(31-29)19-21-8-3-2-4-9-21)30(34)33-15-7-11-25(33)22-13-14-27-28(18-22)37-17-16-36-27/h2-6,8-10,12-14,18,20,25H,7,11,15-17,19H2,1H3/t25-/m0/s1. The highest BCUT2D eigenvalue weighted by atomic mass is 16.6. The van der Waals surface area contributed by atoms with Crippen molar-refractivity contribution in [2.75, 3.05) is 26.9 Å². The number of aromatic nitrogens is 2. The molecule has 3 heterocycles. The van der Waals surface area contributed by atoms with Crippen LogP contribution in [0, 0.1) is 0 Å². The number of hydrogen-bond acceptors (Lipinski definition) is 5. The van der Waals surface area contributed by atoms with Crippen molar-refractivity contribution < 1.29 is 19.0 Å². The van der Waals surface area contributed by atoms with Gasteiger partial charge in [0.2, 0.25) is 0 Å². The van der Waals surface area contributed by atoms with Gasteiger partial charge in [0, 0.05) is 18.3 Å². The molecule has 1 saturated heterocycles. The van der Waals surface area contributed by atoms with Crippen LogP contribution in [-0.2, 0) is 6.54 Å². The molecule has 2 aliphatic heterocycles. The van der Waals surface area contributed by atoms with E-state index in [1.807, 2.05) is 76.4 Å². The first-order valence-electron chi connectivity index (χ1n) is 12.7. The van der Waals surface area contributed by atoms with Crippen LogP contribution in [0.5, 0.6) is 17.2 Å². The number of hydrogen-bond donors (Lipinski definition) is 0. The molecule has 0 radical (unpaired) electrons. The second-order valence-corrected chi connectivity index (χ2v) is 9.33. The smallest absolute Gasteiger partial charge is 0.258 e. The molecule has 3 aromatic carbocycles. The second-order valence-electron chi connectivity index (χ2n) is 9.33. The SMILES string of the molecule is COc1ccccc1-c1nn(Cc2ccccc2)cc1C(=O)N1CCC[C@H]1c1ccc2c(c1)OCCO2. The van der Waals surface area contributed by atoms with Gasteiger partial charge in [-0.2, -0.15) is 5.10 Å². The van der Waals surface area contributed by atoms with E-state index in [9.17, 15) is 4.79 Å². The molecule has 7 heteroatoms. The average Bonchev–Trinajstić information content (AvgIpc) is 3.61. The van der Waals surface area contributed by atoms with Gasteiger partial charge in [0.25, 0.3) is 5.91 Å². The third-order valence-corrected chi connectivity index (χ3v) is 7.01. The van der Waals surface area contributed by atoms with E-state index in [-0.39, 0.29) is 11.9 Å². The van der Waals surface area contributed by atoms with Crippen LogP contribution in [0.3, 0.4) is 0 Å². The fraction of sp³-hybridized carbons (Fsp3) is 0.267. The van der Waals surface area contributed by atoms with Crippen molar-refractivity contribution in [1.82, 2.24) is 14.7 Å². The van der Waals surface area contributed by atoms with Crippen LogP contribution in [-0.4, -0.2) is 47.5 Å². The zero-order chi connectivity index (χ0) is 25.2. The molecule has 1 amide bonds. The number of methoxy groups -OCH3 is 1. The summed E-state index contributed by atoms with van der Waals surface area (Å²) < 4.78 is 19.0.